The van der Waals surface area contributed by atoms with Crippen molar-refractivity contribution in [3.63, 3.8) is 0 Å². The van der Waals surface area contributed by atoms with Crippen LogP contribution in [-0.2, 0) is 0 Å². The molecule has 1 aromatic rings. The summed E-state index contributed by atoms with van der Waals surface area (Å²) in [6.07, 6.45) is 3.65. The van der Waals surface area contributed by atoms with Crippen LogP contribution in [0.5, 0.6) is 0 Å². The van der Waals surface area contributed by atoms with E-state index >= 15 is 0 Å². The highest BCUT2D eigenvalue weighted by molar-refractivity contribution is 6.02. The fraction of sp³-hybridized carbons (Fsp3) is 0.538. The van der Waals surface area contributed by atoms with Crippen LogP contribution >= 0.6 is 0 Å². The Balaban J connectivity index is 1.53. The Morgan fingerprint density at radius 2 is 2.11 bits per heavy atom. The van der Waals surface area contributed by atoms with Crippen molar-refractivity contribution in [2.24, 2.45) is 5.92 Å². The molecule has 0 saturated carbocycles. The van der Waals surface area contributed by atoms with E-state index in [1.165, 1.54) is 12.3 Å². The average molecular weight is 263 g/mol. The number of furan rings is 1. The van der Waals surface area contributed by atoms with Gasteiger partial charge in [0.1, 0.15) is 0 Å². The molecule has 0 radical (unpaired) electrons. The van der Waals surface area contributed by atoms with Crippen molar-refractivity contribution < 1.29 is 14.0 Å². The fourth-order valence-electron chi connectivity index (χ4n) is 2.91. The monoisotopic (exact) mass is 263 g/mol. The van der Waals surface area contributed by atoms with Gasteiger partial charge in [-0.15, -0.1) is 0 Å². The van der Waals surface area contributed by atoms with Crippen molar-refractivity contribution in [2.75, 3.05) is 19.6 Å². The molecular weight excluding hydrogens is 246 g/mol. The standard InChI is InChI=1S/C13H17N3O3/c17-12(11-2-1-7-19-11)15-13(18)14-10-8-16-5-3-9(10)4-6-16/h1-2,7,9-10H,3-6,8H2,(H2,14,15,17,18). The summed E-state index contributed by atoms with van der Waals surface area (Å²) in [5.41, 5.74) is 0. The molecule has 0 aromatic carbocycles. The lowest BCUT2D eigenvalue weighted by atomic mass is 9.84. The van der Waals surface area contributed by atoms with E-state index in [0.717, 1.165) is 32.5 Å². The number of hydrogen-bond acceptors (Lipinski definition) is 4. The zero-order valence-electron chi connectivity index (χ0n) is 10.6. The molecule has 2 bridgehead atoms. The van der Waals surface area contributed by atoms with E-state index in [4.69, 9.17) is 4.42 Å². The number of rotatable bonds is 2. The molecule has 102 valence electrons. The van der Waals surface area contributed by atoms with Crippen LogP contribution in [0.4, 0.5) is 4.79 Å². The number of nitrogens with zero attached hydrogens (tertiary/aromatic N) is 1. The van der Waals surface area contributed by atoms with Crippen LogP contribution in [0, 0.1) is 5.92 Å². The molecule has 19 heavy (non-hydrogen) atoms. The molecule has 0 aliphatic carbocycles. The summed E-state index contributed by atoms with van der Waals surface area (Å²) >= 11 is 0. The molecule has 6 heteroatoms. The molecule has 1 aromatic heterocycles. The van der Waals surface area contributed by atoms with Crippen LogP contribution in [0.1, 0.15) is 23.4 Å². The van der Waals surface area contributed by atoms with Gasteiger partial charge in [0.2, 0.25) is 0 Å². The topological polar surface area (TPSA) is 74.6 Å². The zero-order chi connectivity index (χ0) is 13.2. The first-order valence-corrected chi connectivity index (χ1v) is 6.60. The van der Waals surface area contributed by atoms with Gasteiger partial charge in [-0.3, -0.25) is 10.1 Å². The number of carbonyl (C=O) groups excluding carboxylic acids is 2. The van der Waals surface area contributed by atoms with Crippen LogP contribution < -0.4 is 10.6 Å². The van der Waals surface area contributed by atoms with Gasteiger partial charge in [-0.25, -0.2) is 4.79 Å². The first kappa shape index (κ1) is 12.2. The second-order valence-corrected chi connectivity index (χ2v) is 5.15. The molecule has 3 amide bonds. The first-order chi connectivity index (χ1) is 9.22. The van der Waals surface area contributed by atoms with Gasteiger partial charge in [0.25, 0.3) is 5.91 Å². The van der Waals surface area contributed by atoms with Crippen LogP contribution in [0.25, 0.3) is 0 Å². The number of amides is 3. The largest absolute Gasteiger partial charge is 0.459 e. The van der Waals surface area contributed by atoms with Gasteiger partial charge in [-0.05, 0) is 44.0 Å². The molecule has 2 N–H and O–H groups in total. The van der Waals surface area contributed by atoms with Crippen molar-refractivity contribution in [1.82, 2.24) is 15.5 Å². The molecule has 3 aliphatic heterocycles. The molecule has 6 nitrogen and oxygen atoms in total. The first-order valence-electron chi connectivity index (χ1n) is 6.60. The SMILES string of the molecule is O=C(NC(=O)c1ccco1)NC1CN2CCC1CC2. The molecule has 3 saturated heterocycles. The number of piperidine rings is 3. The third-order valence-corrected chi connectivity index (χ3v) is 3.94. The molecule has 4 rings (SSSR count). The van der Waals surface area contributed by atoms with E-state index in [9.17, 15) is 9.59 Å². The number of fused-ring (bicyclic) bond motifs is 3. The smallest absolute Gasteiger partial charge is 0.322 e. The Kier molecular flexibility index (Phi) is 3.25. The Bertz CT molecular complexity index is 463. The lowest BCUT2D eigenvalue weighted by Gasteiger charge is -2.44. The molecule has 0 spiro atoms. The van der Waals surface area contributed by atoms with Crippen LogP contribution in [0.15, 0.2) is 22.8 Å². The van der Waals surface area contributed by atoms with Crippen LogP contribution in [0.3, 0.4) is 0 Å². The Morgan fingerprint density at radius 1 is 1.32 bits per heavy atom. The maximum absolute atomic E-state index is 11.8. The third-order valence-electron chi connectivity index (χ3n) is 3.94. The quantitative estimate of drug-likeness (QED) is 0.828. The fourth-order valence-corrected chi connectivity index (χ4v) is 2.91. The van der Waals surface area contributed by atoms with Crippen molar-refractivity contribution >= 4 is 11.9 Å². The predicted octanol–water partition coefficient (Wildman–Crippen LogP) is 0.813. The summed E-state index contributed by atoms with van der Waals surface area (Å²) in [7, 11) is 0. The van der Waals surface area contributed by atoms with Gasteiger partial charge in [-0.2, -0.15) is 0 Å². The van der Waals surface area contributed by atoms with E-state index in [1.54, 1.807) is 6.07 Å². The van der Waals surface area contributed by atoms with E-state index < -0.39 is 11.9 Å². The summed E-state index contributed by atoms with van der Waals surface area (Å²) in [6.45, 7) is 3.12. The van der Waals surface area contributed by atoms with Gasteiger partial charge in [0, 0.05) is 12.6 Å². The van der Waals surface area contributed by atoms with Crippen molar-refractivity contribution in [3.05, 3.63) is 24.2 Å². The molecular formula is C13H17N3O3. The second-order valence-electron chi connectivity index (χ2n) is 5.15. The number of carbonyl (C=O) groups is 2. The average Bonchev–Trinajstić information content (AvgIpc) is 2.94. The lowest BCUT2D eigenvalue weighted by molar-refractivity contribution is 0.0755. The van der Waals surface area contributed by atoms with Gasteiger partial charge in [0.05, 0.1) is 6.26 Å². The van der Waals surface area contributed by atoms with E-state index in [-0.39, 0.29) is 11.8 Å². The normalized spacial score (nSPS) is 28.9. The van der Waals surface area contributed by atoms with Crippen LogP contribution in [-0.4, -0.2) is 42.5 Å². The summed E-state index contributed by atoms with van der Waals surface area (Å²) in [6, 6.07) is 2.84. The second kappa shape index (κ2) is 5.05. The predicted molar refractivity (Wildman–Crippen MR) is 67.7 cm³/mol. The van der Waals surface area contributed by atoms with Gasteiger partial charge >= 0.3 is 6.03 Å². The third kappa shape index (κ3) is 2.63. The summed E-state index contributed by atoms with van der Waals surface area (Å²) < 4.78 is 4.94. The molecule has 4 heterocycles. The lowest BCUT2D eigenvalue weighted by Crippen LogP contribution is -2.59. The van der Waals surface area contributed by atoms with E-state index in [1.807, 2.05) is 0 Å². The Morgan fingerprint density at radius 3 is 2.68 bits per heavy atom. The minimum Gasteiger partial charge on any atom is -0.459 e. The number of urea groups is 1. The van der Waals surface area contributed by atoms with Crippen LogP contribution in [0.2, 0.25) is 0 Å². The summed E-state index contributed by atoms with van der Waals surface area (Å²) in [5.74, 6) is 0.169. The number of nitrogens with one attached hydrogen (secondary N) is 2. The number of hydrogen-bond donors (Lipinski definition) is 2. The summed E-state index contributed by atoms with van der Waals surface area (Å²) in [5, 5.41) is 5.18. The molecule has 3 fully saturated rings. The highest BCUT2D eigenvalue weighted by Crippen LogP contribution is 2.27. The van der Waals surface area contributed by atoms with Crippen molar-refractivity contribution in [3.8, 4) is 0 Å². The van der Waals surface area contributed by atoms with Crippen molar-refractivity contribution in [2.45, 2.75) is 18.9 Å². The molecule has 3 aliphatic rings. The van der Waals surface area contributed by atoms with Gasteiger partial charge < -0.3 is 14.6 Å². The Labute approximate surface area is 111 Å². The zero-order valence-corrected chi connectivity index (χ0v) is 10.6. The Hall–Kier alpha value is -1.82. The van der Waals surface area contributed by atoms with E-state index in [0.29, 0.717) is 5.92 Å². The molecule has 1 atom stereocenters. The number of imide groups is 1. The van der Waals surface area contributed by atoms with Gasteiger partial charge in [0.15, 0.2) is 5.76 Å². The minimum atomic E-state index is -0.510. The maximum Gasteiger partial charge on any atom is 0.322 e. The maximum atomic E-state index is 11.8. The van der Waals surface area contributed by atoms with Gasteiger partial charge in [-0.1, -0.05) is 0 Å². The van der Waals surface area contributed by atoms with E-state index in [2.05, 4.69) is 15.5 Å². The highest BCUT2D eigenvalue weighted by atomic mass is 16.3. The highest BCUT2D eigenvalue weighted by Gasteiger charge is 2.35. The van der Waals surface area contributed by atoms with Crippen molar-refractivity contribution in [1.29, 1.82) is 0 Å². The minimum absolute atomic E-state index is 0.143. The summed E-state index contributed by atoms with van der Waals surface area (Å²) in [4.78, 5) is 25.8. The molecule has 1 unspecified atom stereocenters.